The normalized spacial score (nSPS) is 17.1. The maximum Gasteiger partial charge on any atom is 0.165 e. The zero-order valence-electron chi connectivity index (χ0n) is 11.2. The van der Waals surface area contributed by atoms with Crippen molar-refractivity contribution in [2.75, 3.05) is 31.1 Å². The molecule has 1 aromatic heterocycles. The van der Waals surface area contributed by atoms with E-state index in [4.69, 9.17) is 11.5 Å². The monoisotopic (exact) mass is 273 g/mol. The Balaban J connectivity index is 2.26. The topological polar surface area (TPSA) is 97.3 Å². The largest absolute Gasteiger partial charge is 0.404 e. The molecule has 1 saturated heterocycles. The highest BCUT2D eigenvalue weighted by Crippen LogP contribution is 2.18. The number of piperazine rings is 1. The first-order chi connectivity index (χ1) is 9.74. The molecule has 0 spiro atoms. The summed E-state index contributed by atoms with van der Waals surface area (Å²) >= 11 is 0. The van der Waals surface area contributed by atoms with E-state index >= 15 is 0 Å². The lowest BCUT2D eigenvalue weighted by atomic mass is 10.1. The Bertz CT molecular complexity index is 532. The fourth-order valence-electron chi connectivity index (χ4n) is 2.08. The molecule has 106 valence electrons. The van der Waals surface area contributed by atoms with E-state index in [1.807, 2.05) is 18.2 Å². The number of anilines is 1. The molecule has 5 N–H and O–H groups in total. The highest BCUT2D eigenvalue weighted by Gasteiger charge is 2.12. The van der Waals surface area contributed by atoms with Crippen LogP contribution in [0.15, 0.2) is 36.2 Å². The second kappa shape index (κ2) is 6.72. The molecule has 0 saturated carbocycles. The van der Waals surface area contributed by atoms with Crippen LogP contribution in [0.4, 0.5) is 5.82 Å². The number of nitrogens with one attached hydrogen (secondary N) is 1. The van der Waals surface area contributed by atoms with Crippen LogP contribution in [0.1, 0.15) is 5.69 Å². The van der Waals surface area contributed by atoms with Crippen LogP contribution in [0, 0.1) is 0 Å². The molecule has 0 aromatic carbocycles. The fraction of sp³-hybridized carbons (Fsp3) is 0.286. The molecule has 0 aliphatic carbocycles. The first-order valence-corrected chi connectivity index (χ1v) is 6.52. The van der Waals surface area contributed by atoms with Crippen molar-refractivity contribution in [1.82, 2.24) is 10.3 Å². The summed E-state index contributed by atoms with van der Waals surface area (Å²) in [7, 11) is 0. The predicted octanol–water partition coefficient (Wildman–Crippen LogP) is -0.168. The van der Waals surface area contributed by atoms with Crippen LogP contribution in [0.25, 0.3) is 5.57 Å². The molecule has 2 rings (SSSR count). The van der Waals surface area contributed by atoms with E-state index in [9.17, 15) is 4.79 Å². The molecule has 1 aromatic rings. The minimum absolute atomic E-state index is 0.121. The van der Waals surface area contributed by atoms with Gasteiger partial charge in [0, 0.05) is 38.0 Å². The number of carbonyl (C=O) groups is 1. The van der Waals surface area contributed by atoms with Crippen molar-refractivity contribution in [1.29, 1.82) is 0 Å². The third kappa shape index (κ3) is 3.36. The van der Waals surface area contributed by atoms with E-state index in [1.54, 1.807) is 0 Å². The van der Waals surface area contributed by atoms with Gasteiger partial charge in [-0.05, 0) is 18.2 Å². The Morgan fingerprint density at radius 2 is 2.10 bits per heavy atom. The molecule has 0 bridgehead atoms. The number of hydrogen-bond acceptors (Lipinski definition) is 6. The van der Waals surface area contributed by atoms with Gasteiger partial charge in [0.25, 0.3) is 0 Å². The molecule has 0 radical (unpaired) electrons. The van der Waals surface area contributed by atoms with E-state index < -0.39 is 0 Å². The molecular formula is C14H19N5O. The third-order valence-corrected chi connectivity index (χ3v) is 3.11. The van der Waals surface area contributed by atoms with Crippen LogP contribution < -0.4 is 21.7 Å². The highest BCUT2D eigenvalue weighted by atomic mass is 16.1. The van der Waals surface area contributed by atoms with Gasteiger partial charge in [-0.15, -0.1) is 0 Å². The summed E-state index contributed by atoms with van der Waals surface area (Å²) < 4.78 is 0. The maximum absolute atomic E-state index is 10.6. The second-order valence-corrected chi connectivity index (χ2v) is 4.50. The van der Waals surface area contributed by atoms with Gasteiger partial charge in [0.1, 0.15) is 5.82 Å². The number of carbonyl (C=O) groups excluding carboxylic acids is 1. The number of nitrogens with two attached hydrogens (primary N) is 2. The first kappa shape index (κ1) is 14.1. The van der Waals surface area contributed by atoms with Gasteiger partial charge in [0.15, 0.2) is 6.29 Å². The second-order valence-electron chi connectivity index (χ2n) is 4.50. The van der Waals surface area contributed by atoms with Crippen LogP contribution in [-0.4, -0.2) is 37.4 Å². The van der Waals surface area contributed by atoms with E-state index in [0.717, 1.165) is 32.0 Å². The van der Waals surface area contributed by atoms with Crippen molar-refractivity contribution >= 4 is 17.7 Å². The molecule has 6 heteroatoms. The van der Waals surface area contributed by atoms with E-state index in [2.05, 4.69) is 15.2 Å². The van der Waals surface area contributed by atoms with Crippen molar-refractivity contribution in [3.05, 3.63) is 41.9 Å². The Kier molecular flexibility index (Phi) is 4.73. The Morgan fingerprint density at radius 1 is 1.35 bits per heavy atom. The fourth-order valence-corrected chi connectivity index (χ4v) is 2.08. The zero-order chi connectivity index (χ0) is 14.4. The van der Waals surface area contributed by atoms with E-state index in [0.29, 0.717) is 17.6 Å². The molecule has 20 heavy (non-hydrogen) atoms. The Hall–Kier alpha value is -2.34. The van der Waals surface area contributed by atoms with Crippen LogP contribution in [0.3, 0.4) is 0 Å². The Morgan fingerprint density at radius 3 is 2.75 bits per heavy atom. The van der Waals surface area contributed by atoms with Crippen LogP contribution >= 0.6 is 0 Å². The summed E-state index contributed by atoms with van der Waals surface area (Å²) in [6.45, 7) is 3.74. The number of hydrogen-bond donors (Lipinski definition) is 3. The minimum atomic E-state index is 0.121. The van der Waals surface area contributed by atoms with Gasteiger partial charge in [-0.1, -0.05) is 6.07 Å². The van der Waals surface area contributed by atoms with Crippen LogP contribution in [-0.2, 0) is 4.79 Å². The highest BCUT2D eigenvalue weighted by molar-refractivity contribution is 5.81. The quantitative estimate of drug-likeness (QED) is 0.400. The summed E-state index contributed by atoms with van der Waals surface area (Å²) in [5, 5.41) is 3.30. The summed E-state index contributed by atoms with van der Waals surface area (Å²) in [6, 6.07) is 5.74. The number of allylic oxidation sites excluding steroid dienone is 3. The van der Waals surface area contributed by atoms with Gasteiger partial charge < -0.3 is 21.7 Å². The van der Waals surface area contributed by atoms with E-state index in [1.165, 1.54) is 12.3 Å². The molecule has 0 amide bonds. The summed E-state index contributed by atoms with van der Waals surface area (Å²) in [5.74, 6) is 0.904. The number of pyridine rings is 1. The molecule has 0 unspecified atom stereocenters. The van der Waals surface area contributed by atoms with E-state index in [-0.39, 0.29) is 5.70 Å². The number of aromatic nitrogens is 1. The molecule has 1 aliphatic heterocycles. The van der Waals surface area contributed by atoms with Crippen molar-refractivity contribution in [3.63, 3.8) is 0 Å². The molecule has 0 atom stereocenters. The smallest absolute Gasteiger partial charge is 0.165 e. The molecular weight excluding hydrogens is 254 g/mol. The SMILES string of the molecule is N/C=C(\C=C(\N)C=O)c1cccc(N2CCNCC2)n1. The van der Waals surface area contributed by atoms with Gasteiger partial charge in [-0.2, -0.15) is 0 Å². The van der Waals surface area contributed by atoms with Crippen LogP contribution in [0.5, 0.6) is 0 Å². The van der Waals surface area contributed by atoms with Crippen molar-refractivity contribution < 1.29 is 4.79 Å². The average molecular weight is 273 g/mol. The number of aldehydes is 1. The Labute approximate surface area is 118 Å². The van der Waals surface area contributed by atoms with Gasteiger partial charge in [0.05, 0.1) is 11.4 Å². The summed E-state index contributed by atoms with van der Waals surface area (Å²) in [6.07, 6.45) is 3.51. The predicted molar refractivity (Wildman–Crippen MR) is 79.8 cm³/mol. The zero-order valence-corrected chi connectivity index (χ0v) is 11.2. The summed E-state index contributed by atoms with van der Waals surface area (Å²) in [4.78, 5) is 17.4. The first-order valence-electron chi connectivity index (χ1n) is 6.52. The van der Waals surface area contributed by atoms with Crippen molar-refractivity contribution in [2.45, 2.75) is 0 Å². The lowest BCUT2D eigenvalue weighted by molar-refractivity contribution is -0.104. The number of nitrogens with zero attached hydrogens (tertiary/aromatic N) is 2. The maximum atomic E-state index is 10.6. The standard InChI is InChI=1S/C14H19N5O/c15-9-11(8-12(16)10-20)13-2-1-3-14(18-13)19-6-4-17-5-7-19/h1-3,8-10,17H,4-7,15-16H2/b11-9+,12-8+. The lowest BCUT2D eigenvalue weighted by Crippen LogP contribution is -2.43. The van der Waals surface area contributed by atoms with Gasteiger partial charge in [0.2, 0.25) is 0 Å². The average Bonchev–Trinajstić information content (AvgIpc) is 2.53. The molecule has 1 aliphatic rings. The summed E-state index contributed by atoms with van der Waals surface area (Å²) in [5.41, 5.74) is 12.6. The van der Waals surface area contributed by atoms with Crippen molar-refractivity contribution in [2.24, 2.45) is 11.5 Å². The van der Waals surface area contributed by atoms with Gasteiger partial charge in [-0.25, -0.2) is 4.98 Å². The molecule has 1 fully saturated rings. The van der Waals surface area contributed by atoms with Gasteiger partial charge >= 0.3 is 0 Å². The van der Waals surface area contributed by atoms with Crippen LogP contribution in [0.2, 0.25) is 0 Å². The molecule has 6 nitrogen and oxygen atoms in total. The lowest BCUT2D eigenvalue weighted by Gasteiger charge is -2.28. The van der Waals surface area contributed by atoms with Crippen molar-refractivity contribution in [3.8, 4) is 0 Å². The third-order valence-electron chi connectivity index (χ3n) is 3.11. The number of rotatable bonds is 4. The van der Waals surface area contributed by atoms with Gasteiger partial charge in [-0.3, -0.25) is 4.79 Å². The minimum Gasteiger partial charge on any atom is -0.404 e. The molecule has 2 heterocycles.